The molecule has 1 unspecified atom stereocenters. The maximum Gasteiger partial charge on any atom is 0.0881 e. The van der Waals surface area contributed by atoms with E-state index in [2.05, 4.69) is 15.7 Å². The fourth-order valence-corrected chi connectivity index (χ4v) is 1.34. The molecule has 1 atom stereocenters. The van der Waals surface area contributed by atoms with Gasteiger partial charge in [0.25, 0.3) is 0 Å². The Kier molecular flexibility index (Phi) is 2.00. The van der Waals surface area contributed by atoms with Crippen molar-refractivity contribution in [2.24, 2.45) is 0 Å². The largest absolute Gasteiger partial charge is 0.134 e. The van der Waals surface area contributed by atoms with Crippen LogP contribution < -0.4 is 0 Å². The van der Waals surface area contributed by atoms with Gasteiger partial charge in [-0.3, -0.25) is 0 Å². The van der Waals surface area contributed by atoms with Crippen molar-refractivity contribution in [1.29, 1.82) is 0 Å². The minimum absolute atomic E-state index is 0.921. The average Bonchev–Trinajstić information content (AvgIpc) is 1.69. The van der Waals surface area contributed by atoms with E-state index in [9.17, 15) is 0 Å². The highest BCUT2D eigenvalue weighted by molar-refractivity contribution is 7.17. The van der Waals surface area contributed by atoms with Crippen LogP contribution in [0.1, 0.15) is 25.7 Å². The molecule has 0 saturated heterocycles. The Hall–Kier alpha value is 0.300. The molecule has 0 aromatic rings. The number of hydrogen-bond donors (Lipinski definition) is 0. The first-order valence-electron chi connectivity index (χ1n) is 2.97. The SMILES string of the molecule is PC1CC[CH+]CC1. The highest BCUT2D eigenvalue weighted by Crippen LogP contribution is 2.22. The first-order chi connectivity index (χ1) is 3.39. The second kappa shape index (κ2) is 2.57. The lowest BCUT2D eigenvalue weighted by Crippen LogP contribution is -2.03. The Labute approximate surface area is 47.9 Å². The summed E-state index contributed by atoms with van der Waals surface area (Å²) >= 11 is 0. The Balaban J connectivity index is 2.12. The molecule has 0 aromatic carbocycles. The Morgan fingerprint density at radius 3 is 2.14 bits per heavy atom. The molecule has 0 amide bonds. The maximum absolute atomic E-state index is 2.89. The maximum atomic E-state index is 2.89. The lowest BCUT2D eigenvalue weighted by Gasteiger charge is -2.09. The van der Waals surface area contributed by atoms with Gasteiger partial charge in [0.15, 0.2) is 0 Å². The molecule has 0 spiro atoms. The highest BCUT2D eigenvalue weighted by Gasteiger charge is 2.12. The summed E-state index contributed by atoms with van der Waals surface area (Å²) in [4.78, 5) is 0. The van der Waals surface area contributed by atoms with Gasteiger partial charge in [-0.15, -0.1) is 9.24 Å². The Morgan fingerprint density at radius 1 is 1.29 bits per heavy atom. The van der Waals surface area contributed by atoms with Gasteiger partial charge in [-0.2, -0.15) is 0 Å². The molecule has 1 rings (SSSR count). The normalized spacial score (nSPS) is 24.1. The highest BCUT2D eigenvalue weighted by atomic mass is 31.0. The zero-order valence-corrected chi connectivity index (χ0v) is 5.72. The summed E-state index contributed by atoms with van der Waals surface area (Å²) in [5, 5.41) is 0. The molecule has 7 heavy (non-hydrogen) atoms. The summed E-state index contributed by atoms with van der Waals surface area (Å²) in [7, 11) is 2.89. The fraction of sp³-hybridized carbons (Fsp3) is 0.833. The van der Waals surface area contributed by atoms with E-state index in [0.717, 1.165) is 5.66 Å². The van der Waals surface area contributed by atoms with Crippen LogP contribution in [-0.2, 0) is 0 Å². The van der Waals surface area contributed by atoms with Gasteiger partial charge in [0, 0.05) is 0 Å². The van der Waals surface area contributed by atoms with E-state index in [-0.39, 0.29) is 0 Å². The van der Waals surface area contributed by atoms with Crippen molar-refractivity contribution in [2.45, 2.75) is 31.3 Å². The van der Waals surface area contributed by atoms with Gasteiger partial charge in [0.1, 0.15) is 0 Å². The van der Waals surface area contributed by atoms with E-state index in [1.165, 1.54) is 25.7 Å². The molecule has 0 nitrogen and oxygen atoms in total. The molecule has 40 valence electrons. The molecular formula is C6H12P+. The van der Waals surface area contributed by atoms with E-state index in [1.54, 1.807) is 0 Å². The van der Waals surface area contributed by atoms with Crippen molar-refractivity contribution in [1.82, 2.24) is 0 Å². The summed E-state index contributed by atoms with van der Waals surface area (Å²) < 4.78 is 0. The lowest BCUT2D eigenvalue weighted by atomic mass is 10.0. The molecule has 0 heterocycles. The predicted molar refractivity (Wildman–Crippen MR) is 36.3 cm³/mol. The Morgan fingerprint density at radius 2 is 1.86 bits per heavy atom. The standard InChI is InChI=1S/C6H12P/c7-6-4-2-1-3-5-6/h1,6H,2-5,7H2/q+1. The van der Waals surface area contributed by atoms with Gasteiger partial charge >= 0.3 is 0 Å². The Bertz CT molecular complexity index is 46.1. The van der Waals surface area contributed by atoms with Crippen LogP contribution in [0.3, 0.4) is 0 Å². The van der Waals surface area contributed by atoms with Crippen molar-refractivity contribution >= 4 is 9.24 Å². The molecule has 0 radical (unpaired) electrons. The van der Waals surface area contributed by atoms with Gasteiger partial charge in [0.2, 0.25) is 0 Å². The zero-order valence-electron chi connectivity index (χ0n) is 4.56. The molecule has 0 aliphatic heterocycles. The molecule has 0 aromatic heterocycles. The fourth-order valence-electron chi connectivity index (χ4n) is 0.953. The summed E-state index contributed by atoms with van der Waals surface area (Å²) in [6.45, 7) is 0. The van der Waals surface area contributed by atoms with Gasteiger partial charge in [-0.05, 0) is 18.5 Å². The van der Waals surface area contributed by atoms with Crippen molar-refractivity contribution < 1.29 is 0 Å². The number of rotatable bonds is 0. The third-order valence-electron chi connectivity index (χ3n) is 1.48. The van der Waals surface area contributed by atoms with Crippen LogP contribution >= 0.6 is 9.24 Å². The van der Waals surface area contributed by atoms with Crippen LogP contribution in [0.5, 0.6) is 0 Å². The van der Waals surface area contributed by atoms with Crippen LogP contribution in [0.25, 0.3) is 0 Å². The smallest absolute Gasteiger partial charge is 0.0881 e. The minimum atomic E-state index is 0.921. The predicted octanol–water partition coefficient (Wildman–Crippen LogP) is 2.01. The van der Waals surface area contributed by atoms with Gasteiger partial charge in [0.05, 0.1) is 19.3 Å². The second-order valence-corrected chi connectivity index (χ2v) is 3.15. The molecule has 1 aliphatic carbocycles. The van der Waals surface area contributed by atoms with E-state index in [4.69, 9.17) is 0 Å². The topological polar surface area (TPSA) is 0 Å². The average molecular weight is 115 g/mol. The van der Waals surface area contributed by atoms with E-state index < -0.39 is 0 Å². The lowest BCUT2D eigenvalue weighted by molar-refractivity contribution is 0.608. The van der Waals surface area contributed by atoms with E-state index >= 15 is 0 Å². The van der Waals surface area contributed by atoms with Crippen LogP contribution in [0.15, 0.2) is 0 Å². The third-order valence-corrected chi connectivity index (χ3v) is 2.15. The summed E-state index contributed by atoms with van der Waals surface area (Å²) in [6, 6.07) is 0. The van der Waals surface area contributed by atoms with Gasteiger partial charge < -0.3 is 0 Å². The van der Waals surface area contributed by atoms with Crippen LogP contribution in [0, 0.1) is 6.42 Å². The van der Waals surface area contributed by atoms with E-state index in [1.807, 2.05) is 0 Å². The van der Waals surface area contributed by atoms with Crippen LogP contribution in [0.2, 0.25) is 0 Å². The monoisotopic (exact) mass is 115 g/mol. The van der Waals surface area contributed by atoms with Crippen molar-refractivity contribution in [3.05, 3.63) is 6.42 Å². The molecule has 0 N–H and O–H groups in total. The summed E-state index contributed by atoms with van der Waals surface area (Å²) in [5.41, 5.74) is 0.921. The molecule has 1 heteroatoms. The van der Waals surface area contributed by atoms with Crippen molar-refractivity contribution in [3.8, 4) is 0 Å². The van der Waals surface area contributed by atoms with E-state index in [0.29, 0.717) is 0 Å². The quantitative estimate of drug-likeness (QED) is 0.334. The van der Waals surface area contributed by atoms with Crippen molar-refractivity contribution in [3.63, 3.8) is 0 Å². The first kappa shape index (κ1) is 5.44. The second-order valence-electron chi connectivity index (χ2n) is 2.20. The van der Waals surface area contributed by atoms with Crippen LogP contribution in [0.4, 0.5) is 0 Å². The molecule has 1 aliphatic rings. The molecular weight excluding hydrogens is 103 g/mol. The third kappa shape index (κ3) is 1.69. The molecule has 1 fully saturated rings. The molecule has 1 saturated carbocycles. The van der Waals surface area contributed by atoms with Crippen LogP contribution in [-0.4, -0.2) is 5.66 Å². The minimum Gasteiger partial charge on any atom is -0.134 e. The summed E-state index contributed by atoms with van der Waals surface area (Å²) in [5.74, 6) is 0. The summed E-state index contributed by atoms with van der Waals surface area (Å²) in [6.07, 6.45) is 7.86. The van der Waals surface area contributed by atoms with Gasteiger partial charge in [-0.25, -0.2) is 0 Å². The first-order valence-corrected chi connectivity index (χ1v) is 3.63. The van der Waals surface area contributed by atoms with Crippen molar-refractivity contribution in [2.75, 3.05) is 0 Å². The van der Waals surface area contributed by atoms with Gasteiger partial charge in [-0.1, -0.05) is 0 Å². The molecule has 0 bridgehead atoms. The zero-order chi connectivity index (χ0) is 5.11. The number of hydrogen-bond acceptors (Lipinski definition) is 0.